The van der Waals surface area contributed by atoms with Crippen molar-refractivity contribution in [3.05, 3.63) is 41.2 Å². The van der Waals surface area contributed by atoms with Crippen LogP contribution in [-0.2, 0) is 6.42 Å². The van der Waals surface area contributed by atoms with E-state index in [9.17, 15) is 0 Å². The van der Waals surface area contributed by atoms with E-state index in [-0.39, 0.29) is 0 Å². The highest BCUT2D eigenvalue weighted by atomic mass is 16.5. The van der Waals surface area contributed by atoms with E-state index < -0.39 is 0 Å². The SMILES string of the molecule is COc1ccc(-c2nc(C)c(CCN)c(C)n2)cc1. The Balaban J connectivity index is 2.39. The minimum absolute atomic E-state index is 0.618. The van der Waals surface area contributed by atoms with Gasteiger partial charge in [0.05, 0.1) is 7.11 Å². The summed E-state index contributed by atoms with van der Waals surface area (Å²) < 4.78 is 5.15. The molecule has 0 fully saturated rings. The first-order valence-corrected chi connectivity index (χ1v) is 6.34. The number of nitrogens with two attached hydrogens (primary N) is 1. The Morgan fingerprint density at radius 1 is 1.05 bits per heavy atom. The molecule has 2 rings (SSSR count). The van der Waals surface area contributed by atoms with E-state index >= 15 is 0 Å². The number of nitrogens with zero attached hydrogens (tertiary/aromatic N) is 2. The van der Waals surface area contributed by atoms with E-state index in [4.69, 9.17) is 10.5 Å². The maximum atomic E-state index is 5.61. The Morgan fingerprint density at radius 3 is 2.11 bits per heavy atom. The van der Waals surface area contributed by atoms with Crippen LogP contribution < -0.4 is 10.5 Å². The van der Waals surface area contributed by atoms with Gasteiger partial charge in [0, 0.05) is 17.0 Å². The lowest BCUT2D eigenvalue weighted by Crippen LogP contribution is -2.09. The van der Waals surface area contributed by atoms with Crippen LogP contribution in [-0.4, -0.2) is 23.6 Å². The van der Waals surface area contributed by atoms with Crippen molar-refractivity contribution in [3.63, 3.8) is 0 Å². The van der Waals surface area contributed by atoms with Gasteiger partial charge in [-0.3, -0.25) is 0 Å². The maximum Gasteiger partial charge on any atom is 0.159 e. The van der Waals surface area contributed by atoms with Crippen LogP contribution in [0.4, 0.5) is 0 Å². The number of methoxy groups -OCH3 is 1. The second-order valence-corrected chi connectivity index (χ2v) is 4.46. The highest BCUT2D eigenvalue weighted by molar-refractivity contribution is 5.57. The molecule has 2 N–H and O–H groups in total. The third-order valence-electron chi connectivity index (χ3n) is 3.16. The zero-order chi connectivity index (χ0) is 13.8. The lowest BCUT2D eigenvalue weighted by atomic mass is 10.1. The zero-order valence-electron chi connectivity index (χ0n) is 11.6. The summed E-state index contributed by atoms with van der Waals surface area (Å²) in [6, 6.07) is 7.76. The molecule has 100 valence electrons. The van der Waals surface area contributed by atoms with E-state index in [2.05, 4.69) is 9.97 Å². The van der Waals surface area contributed by atoms with Gasteiger partial charge in [0.1, 0.15) is 5.75 Å². The zero-order valence-corrected chi connectivity index (χ0v) is 11.6. The quantitative estimate of drug-likeness (QED) is 0.912. The van der Waals surface area contributed by atoms with Crippen molar-refractivity contribution in [1.82, 2.24) is 9.97 Å². The van der Waals surface area contributed by atoms with Crippen LogP contribution in [0.3, 0.4) is 0 Å². The monoisotopic (exact) mass is 257 g/mol. The standard InChI is InChI=1S/C15H19N3O/c1-10-14(8-9-16)11(2)18-15(17-10)12-4-6-13(19-3)7-5-12/h4-7H,8-9,16H2,1-3H3. The lowest BCUT2D eigenvalue weighted by Gasteiger charge is -2.10. The number of hydrogen-bond donors (Lipinski definition) is 1. The largest absolute Gasteiger partial charge is 0.497 e. The van der Waals surface area contributed by atoms with Gasteiger partial charge in [0.2, 0.25) is 0 Å². The van der Waals surface area contributed by atoms with Crippen LogP contribution in [0.1, 0.15) is 17.0 Å². The van der Waals surface area contributed by atoms with E-state index in [0.29, 0.717) is 6.54 Å². The minimum Gasteiger partial charge on any atom is -0.497 e. The number of ether oxygens (including phenoxy) is 1. The molecule has 4 heteroatoms. The third kappa shape index (κ3) is 2.90. The van der Waals surface area contributed by atoms with Crippen LogP contribution >= 0.6 is 0 Å². The summed E-state index contributed by atoms with van der Waals surface area (Å²) in [5, 5.41) is 0. The van der Waals surface area contributed by atoms with Crippen molar-refractivity contribution in [2.24, 2.45) is 5.73 Å². The Kier molecular flexibility index (Phi) is 4.12. The van der Waals surface area contributed by atoms with E-state index in [0.717, 1.165) is 40.5 Å². The highest BCUT2D eigenvalue weighted by Gasteiger charge is 2.09. The van der Waals surface area contributed by atoms with Gasteiger partial charge < -0.3 is 10.5 Å². The second kappa shape index (κ2) is 5.80. The van der Waals surface area contributed by atoms with E-state index in [1.807, 2.05) is 38.1 Å². The van der Waals surface area contributed by atoms with Gasteiger partial charge in [-0.2, -0.15) is 0 Å². The van der Waals surface area contributed by atoms with E-state index in [1.54, 1.807) is 7.11 Å². The number of rotatable bonds is 4. The first-order valence-electron chi connectivity index (χ1n) is 6.34. The molecular formula is C15H19N3O. The van der Waals surface area contributed by atoms with Crippen molar-refractivity contribution in [2.45, 2.75) is 20.3 Å². The van der Waals surface area contributed by atoms with Crippen molar-refractivity contribution in [1.29, 1.82) is 0 Å². The first-order chi connectivity index (χ1) is 9.15. The molecule has 0 saturated carbocycles. The summed E-state index contributed by atoms with van der Waals surface area (Å²) in [4.78, 5) is 9.14. The van der Waals surface area contributed by atoms with Crippen LogP contribution in [0.5, 0.6) is 5.75 Å². The fourth-order valence-corrected chi connectivity index (χ4v) is 2.11. The molecule has 0 spiro atoms. The molecular weight excluding hydrogens is 238 g/mol. The molecule has 1 aromatic carbocycles. The van der Waals surface area contributed by atoms with Gasteiger partial charge in [-0.25, -0.2) is 9.97 Å². The topological polar surface area (TPSA) is 61.0 Å². The fourth-order valence-electron chi connectivity index (χ4n) is 2.11. The highest BCUT2D eigenvalue weighted by Crippen LogP contribution is 2.21. The molecule has 0 saturated heterocycles. The number of hydrogen-bond acceptors (Lipinski definition) is 4. The predicted octanol–water partition coefficient (Wildman–Crippen LogP) is 2.27. The molecule has 0 aliphatic carbocycles. The third-order valence-corrected chi connectivity index (χ3v) is 3.16. The summed E-state index contributed by atoms with van der Waals surface area (Å²) in [5.41, 5.74) is 9.76. The fraction of sp³-hybridized carbons (Fsp3) is 0.333. The van der Waals surface area contributed by atoms with Gasteiger partial charge >= 0.3 is 0 Å². The Labute approximate surface area is 113 Å². The molecule has 0 amide bonds. The molecule has 0 radical (unpaired) electrons. The minimum atomic E-state index is 0.618. The molecule has 2 aromatic rings. The van der Waals surface area contributed by atoms with Crippen LogP contribution in [0, 0.1) is 13.8 Å². The van der Waals surface area contributed by atoms with Gasteiger partial charge in [-0.05, 0) is 56.6 Å². The summed E-state index contributed by atoms with van der Waals surface area (Å²) in [5.74, 6) is 1.58. The van der Waals surface area contributed by atoms with Crippen molar-refractivity contribution < 1.29 is 4.74 Å². The summed E-state index contributed by atoms with van der Waals surface area (Å²) in [6.07, 6.45) is 0.820. The molecule has 0 aliphatic rings. The molecule has 1 aromatic heterocycles. The van der Waals surface area contributed by atoms with E-state index in [1.165, 1.54) is 0 Å². The molecule has 19 heavy (non-hydrogen) atoms. The molecule has 0 unspecified atom stereocenters. The Morgan fingerprint density at radius 2 is 1.63 bits per heavy atom. The van der Waals surface area contributed by atoms with Crippen LogP contribution in [0.25, 0.3) is 11.4 Å². The van der Waals surface area contributed by atoms with Crippen molar-refractivity contribution in [2.75, 3.05) is 13.7 Å². The van der Waals surface area contributed by atoms with Gasteiger partial charge in [0.25, 0.3) is 0 Å². The maximum absolute atomic E-state index is 5.61. The Bertz CT molecular complexity index is 541. The van der Waals surface area contributed by atoms with Crippen molar-refractivity contribution >= 4 is 0 Å². The average Bonchev–Trinajstić information content (AvgIpc) is 2.43. The molecule has 0 bridgehead atoms. The molecule has 4 nitrogen and oxygen atoms in total. The van der Waals surface area contributed by atoms with Gasteiger partial charge in [-0.15, -0.1) is 0 Å². The first kappa shape index (κ1) is 13.5. The number of benzene rings is 1. The number of aromatic nitrogens is 2. The normalized spacial score (nSPS) is 10.5. The summed E-state index contributed by atoms with van der Waals surface area (Å²) in [6.45, 7) is 4.63. The summed E-state index contributed by atoms with van der Waals surface area (Å²) >= 11 is 0. The second-order valence-electron chi connectivity index (χ2n) is 4.46. The molecule has 0 atom stereocenters. The van der Waals surface area contributed by atoms with Crippen LogP contribution in [0.15, 0.2) is 24.3 Å². The van der Waals surface area contributed by atoms with Crippen LogP contribution in [0.2, 0.25) is 0 Å². The molecule has 0 aliphatic heterocycles. The lowest BCUT2D eigenvalue weighted by molar-refractivity contribution is 0.415. The van der Waals surface area contributed by atoms with Gasteiger partial charge in [-0.1, -0.05) is 0 Å². The summed E-state index contributed by atoms with van der Waals surface area (Å²) in [7, 11) is 1.65. The Hall–Kier alpha value is -1.94. The molecule has 1 heterocycles. The average molecular weight is 257 g/mol. The smallest absolute Gasteiger partial charge is 0.159 e. The predicted molar refractivity (Wildman–Crippen MR) is 76.3 cm³/mol. The van der Waals surface area contributed by atoms with Crippen molar-refractivity contribution in [3.8, 4) is 17.1 Å². The number of aryl methyl sites for hydroxylation is 2. The van der Waals surface area contributed by atoms with Gasteiger partial charge in [0.15, 0.2) is 5.82 Å².